The number of halogens is 1. The molecule has 0 spiro atoms. The van der Waals surface area contributed by atoms with E-state index in [1.54, 1.807) is 23.5 Å². The number of rotatable bonds is 5. The first kappa shape index (κ1) is 15.0. The van der Waals surface area contributed by atoms with Gasteiger partial charge in [0.1, 0.15) is 0 Å². The molecule has 0 amide bonds. The molecule has 0 radical (unpaired) electrons. The topological polar surface area (TPSA) is 46.2 Å². The van der Waals surface area contributed by atoms with Gasteiger partial charge in [0.05, 0.1) is 9.90 Å². The van der Waals surface area contributed by atoms with Gasteiger partial charge >= 0.3 is 0 Å². The summed E-state index contributed by atoms with van der Waals surface area (Å²) in [6.07, 6.45) is 0. The first-order valence-corrected chi connectivity index (χ1v) is 8.63. The first-order valence-electron chi connectivity index (χ1n) is 6.10. The Balaban J connectivity index is 2.07. The number of thiophene rings is 1. The third-order valence-corrected chi connectivity index (χ3v) is 5.60. The molecule has 0 unspecified atom stereocenters. The van der Waals surface area contributed by atoms with Gasteiger partial charge in [0.2, 0.25) is 9.84 Å². The lowest BCUT2D eigenvalue weighted by molar-refractivity contribution is 0.534. The van der Waals surface area contributed by atoms with E-state index in [-0.39, 0.29) is 4.90 Å². The van der Waals surface area contributed by atoms with Crippen molar-refractivity contribution in [2.75, 3.05) is 11.3 Å². The quantitative estimate of drug-likeness (QED) is 0.916. The monoisotopic (exact) mass is 313 g/mol. The normalized spacial score (nSPS) is 11.6. The van der Waals surface area contributed by atoms with Crippen LogP contribution in [-0.4, -0.2) is 14.4 Å². The van der Waals surface area contributed by atoms with Gasteiger partial charge in [0.15, 0.2) is 6.01 Å². The Morgan fingerprint density at radius 1 is 1.20 bits per heavy atom. The fourth-order valence-corrected chi connectivity index (χ4v) is 3.38. The maximum atomic E-state index is 12.4. The van der Waals surface area contributed by atoms with Crippen molar-refractivity contribution < 1.29 is 12.8 Å². The minimum absolute atomic E-state index is 0.0203. The fourth-order valence-electron chi connectivity index (χ4n) is 1.74. The highest BCUT2D eigenvalue weighted by atomic mass is 32.2. The van der Waals surface area contributed by atoms with Crippen LogP contribution in [0, 0.1) is 13.8 Å². The Labute approximate surface area is 122 Å². The smallest absolute Gasteiger partial charge is 0.207 e. The molecule has 2 aromatic rings. The molecule has 0 fully saturated rings. The van der Waals surface area contributed by atoms with Crippen LogP contribution in [0.1, 0.15) is 16.7 Å². The van der Waals surface area contributed by atoms with Crippen LogP contribution in [-0.2, 0) is 16.4 Å². The summed E-state index contributed by atoms with van der Waals surface area (Å²) in [7, 11) is -3.77. The van der Waals surface area contributed by atoms with Crippen LogP contribution in [0.2, 0.25) is 0 Å². The Kier molecular flexibility index (Phi) is 4.45. The van der Waals surface area contributed by atoms with Crippen molar-refractivity contribution in [3.63, 3.8) is 0 Å². The number of benzene rings is 1. The van der Waals surface area contributed by atoms with E-state index in [0.717, 1.165) is 10.6 Å². The van der Waals surface area contributed by atoms with Crippen molar-refractivity contribution in [1.29, 1.82) is 0 Å². The van der Waals surface area contributed by atoms with Gasteiger partial charge in [-0.05, 0) is 48.1 Å². The van der Waals surface area contributed by atoms with Gasteiger partial charge in [0, 0.05) is 6.54 Å². The summed E-state index contributed by atoms with van der Waals surface area (Å²) < 4.78 is 35.1. The lowest BCUT2D eigenvalue weighted by Gasteiger charge is -2.07. The second kappa shape index (κ2) is 5.93. The van der Waals surface area contributed by atoms with Crippen LogP contribution < -0.4 is 5.32 Å². The largest absolute Gasteiger partial charge is 0.373 e. The number of nitrogens with one attached hydrogen (secondary N) is 1. The minimum Gasteiger partial charge on any atom is -0.373 e. The van der Waals surface area contributed by atoms with Crippen LogP contribution in [0.25, 0.3) is 0 Å². The van der Waals surface area contributed by atoms with Gasteiger partial charge in [-0.15, -0.1) is 11.3 Å². The van der Waals surface area contributed by atoms with E-state index < -0.39 is 15.8 Å². The van der Waals surface area contributed by atoms with Crippen LogP contribution in [0.4, 0.5) is 9.39 Å². The van der Waals surface area contributed by atoms with E-state index in [9.17, 15) is 12.8 Å². The molecule has 0 aliphatic carbocycles. The number of sulfone groups is 1. The number of alkyl halides is 1. The Hall–Kier alpha value is -1.40. The van der Waals surface area contributed by atoms with Crippen molar-refractivity contribution in [3.8, 4) is 0 Å². The molecular formula is C14H16FNO2S2. The first-order chi connectivity index (χ1) is 9.44. The van der Waals surface area contributed by atoms with Crippen molar-refractivity contribution in [2.24, 2.45) is 0 Å². The highest BCUT2D eigenvalue weighted by Gasteiger charge is 2.13. The van der Waals surface area contributed by atoms with E-state index in [2.05, 4.69) is 24.5 Å². The zero-order valence-electron chi connectivity index (χ0n) is 11.3. The van der Waals surface area contributed by atoms with Crippen molar-refractivity contribution in [1.82, 2.24) is 0 Å². The van der Waals surface area contributed by atoms with Crippen molar-refractivity contribution in [2.45, 2.75) is 25.3 Å². The van der Waals surface area contributed by atoms with E-state index in [1.807, 2.05) is 0 Å². The molecule has 3 nitrogen and oxygen atoms in total. The van der Waals surface area contributed by atoms with Crippen molar-refractivity contribution >= 4 is 26.2 Å². The summed E-state index contributed by atoms with van der Waals surface area (Å²) in [5.41, 5.74) is 3.43. The Morgan fingerprint density at radius 2 is 1.85 bits per heavy atom. The molecule has 0 bridgehead atoms. The Morgan fingerprint density at radius 3 is 2.35 bits per heavy atom. The second-order valence-corrected chi connectivity index (χ2v) is 7.39. The third-order valence-electron chi connectivity index (χ3n) is 3.16. The van der Waals surface area contributed by atoms with Crippen molar-refractivity contribution in [3.05, 3.63) is 46.3 Å². The molecule has 0 saturated carbocycles. The van der Waals surface area contributed by atoms with E-state index >= 15 is 0 Å². The molecule has 0 aliphatic heterocycles. The summed E-state index contributed by atoms with van der Waals surface area (Å²) in [6, 6.07) is 4.92. The predicted molar refractivity (Wildman–Crippen MR) is 80.7 cm³/mol. The number of hydrogen-bond acceptors (Lipinski definition) is 4. The number of aryl methyl sites for hydroxylation is 1. The molecule has 1 N–H and O–H groups in total. The lowest BCUT2D eigenvalue weighted by atomic mass is 10.2. The summed E-state index contributed by atoms with van der Waals surface area (Å²) >= 11 is 1.65. The molecule has 6 heteroatoms. The zero-order chi connectivity index (χ0) is 14.8. The predicted octanol–water partition coefficient (Wildman–Crippen LogP) is 3.68. The van der Waals surface area contributed by atoms with E-state index in [0.29, 0.717) is 6.54 Å². The fraction of sp³-hybridized carbons (Fsp3) is 0.286. The highest BCUT2D eigenvalue weighted by molar-refractivity contribution is 7.91. The van der Waals surface area contributed by atoms with Gasteiger partial charge in [-0.1, -0.05) is 12.1 Å². The lowest BCUT2D eigenvalue weighted by Crippen LogP contribution is -2.04. The molecule has 1 aromatic carbocycles. The van der Waals surface area contributed by atoms with Gasteiger partial charge < -0.3 is 5.32 Å². The second-order valence-electron chi connectivity index (χ2n) is 4.59. The molecule has 0 aliphatic rings. The highest BCUT2D eigenvalue weighted by Crippen LogP contribution is 2.27. The molecule has 20 heavy (non-hydrogen) atoms. The molecule has 0 atom stereocenters. The SMILES string of the molecule is Cc1csc(NCc2ccc(S(=O)(=O)CF)cc2)c1C. The molecule has 0 saturated heterocycles. The van der Waals surface area contributed by atoms with Gasteiger partial charge in [-0.3, -0.25) is 0 Å². The van der Waals surface area contributed by atoms with Gasteiger partial charge in [-0.2, -0.15) is 0 Å². The van der Waals surface area contributed by atoms with Crippen LogP contribution in [0.15, 0.2) is 34.5 Å². The van der Waals surface area contributed by atoms with E-state index in [4.69, 9.17) is 0 Å². The number of hydrogen-bond donors (Lipinski definition) is 1. The average Bonchev–Trinajstić information content (AvgIpc) is 2.77. The minimum atomic E-state index is -3.77. The molecule has 2 rings (SSSR count). The Bertz CT molecular complexity index is 690. The van der Waals surface area contributed by atoms with Crippen LogP contribution in [0.3, 0.4) is 0 Å². The number of anilines is 1. The van der Waals surface area contributed by atoms with Gasteiger partial charge in [-0.25, -0.2) is 12.8 Å². The van der Waals surface area contributed by atoms with Gasteiger partial charge in [0.25, 0.3) is 0 Å². The molecule has 1 heterocycles. The summed E-state index contributed by atoms with van der Waals surface area (Å²) in [5, 5.41) is 6.52. The molecule has 1 aromatic heterocycles. The summed E-state index contributed by atoms with van der Waals surface area (Å²) in [4.78, 5) is 0.0203. The van der Waals surface area contributed by atoms with E-state index in [1.165, 1.54) is 23.3 Å². The van der Waals surface area contributed by atoms with Crippen LogP contribution >= 0.6 is 11.3 Å². The maximum absolute atomic E-state index is 12.4. The summed E-state index contributed by atoms with van der Waals surface area (Å²) in [5.74, 6) is 0. The zero-order valence-corrected chi connectivity index (χ0v) is 12.9. The molecule has 108 valence electrons. The van der Waals surface area contributed by atoms with Crippen LogP contribution in [0.5, 0.6) is 0 Å². The standard InChI is InChI=1S/C14H16FNO2S2/c1-10-8-19-14(11(10)2)16-7-12-3-5-13(6-4-12)20(17,18)9-15/h3-6,8,16H,7,9H2,1-2H3. The maximum Gasteiger partial charge on any atom is 0.207 e. The summed E-state index contributed by atoms with van der Waals surface area (Å²) in [6.45, 7) is 4.73. The average molecular weight is 313 g/mol. The third kappa shape index (κ3) is 3.19. The molecular weight excluding hydrogens is 297 g/mol.